The molecular weight excluding hydrogens is 293 g/mol. The Kier molecular flexibility index (Phi) is 4.44. The molecule has 3 aromatic rings. The summed E-state index contributed by atoms with van der Waals surface area (Å²) >= 11 is 1.21. The van der Waals surface area contributed by atoms with Gasteiger partial charge in [-0.3, -0.25) is 10.1 Å². The van der Waals surface area contributed by atoms with Gasteiger partial charge in [0.05, 0.1) is 11.9 Å². The maximum absolute atomic E-state index is 13.6. The minimum atomic E-state index is -0.447. The van der Waals surface area contributed by atoms with Crippen molar-refractivity contribution in [3.63, 3.8) is 0 Å². The van der Waals surface area contributed by atoms with Gasteiger partial charge in [0.25, 0.3) is 5.91 Å². The highest BCUT2D eigenvalue weighted by atomic mass is 32.1. The van der Waals surface area contributed by atoms with Crippen LogP contribution in [0.5, 0.6) is 0 Å². The van der Waals surface area contributed by atoms with Crippen LogP contribution in [0.15, 0.2) is 46.4 Å². The van der Waals surface area contributed by atoms with E-state index < -0.39 is 5.91 Å². The van der Waals surface area contributed by atoms with Crippen LogP contribution in [0.25, 0.3) is 11.3 Å². The van der Waals surface area contributed by atoms with E-state index in [2.05, 4.69) is 15.5 Å². The second kappa shape index (κ2) is 6.27. The van der Waals surface area contributed by atoms with Gasteiger partial charge in [0, 0.05) is 17.0 Å². The van der Waals surface area contributed by atoms with Crippen LogP contribution in [0.1, 0.15) is 18.0 Å². The molecule has 0 aliphatic carbocycles. The Hall–Kier alpha value is -2.54. The Bertz CT molecular complexity index is 740. The predicted octanol–water partition coefficient (Wildman–Crippen LogP) is 3.83. The summed E-state index contributed by atoms with van der Waals surface area (Å²) in [7, 11) is 0. The van der Waals surface area contributed by atoms with Gasteiger partial charge in [0.15, 0.2) is 5.13 Å². The van der Waals surface area contributed by atoms with Crippen LogP contribution in [0.3, 0.4) is 0 Å². The number of halogens is 1. The summed E-state index contributed by atoms with van der Waals surface area (Å²) in [6, 6.07) is 7.77. The normalized spacial score (nSPS) is 9.95. The fraction of sp³-hybridized carbons (Fsp3) is 0.0714. The molecule has 0 spiro atoms. The van der Waals surface area contributed by atoms with Crippen LogP contribution >= 0.6 is 11.3 Å². The van der Waals surface area contributed by atoms with E-state index in [9.17, 15) is 9.18 Å². The maximum Gasteiger partial charge on any atom is 0.296 e. The molecule has 1 aromatic carbocycles. The lowest BCUT2D eigenvalue weighted by molar-refractivity contribution is 0.0988. The number of carbonyl (C=O) groups excluding carboxylic acids is 1. The number of nitrogens with one attached hydrogen (secondary N) is 1. The molecule has 2 aromatic heterocycles. The average Bonchev–Trinajstić information content (AvgIpc) is 3.10. The van der Waals surface area contributed by atoms with E-state index in [0.717, 1.165) is 0 Å². The molecule has 3 rings (SSSR count). The van der Waals surface area contributed by atoms with E-state index >= 15 is 0 Å². The number of hydrogen-bond acceptors (Lipinski definition) is 5. The Morgan fingerprint density at radius 3 is 2.81 bits per heavy atom. The maximum atomic E-state index is 13.6. The summed E-state index contributed by atoms with van der Waals surface area (Å²) in [4.78, 5) is 15.9. The Balaban J connectivity index is 0.00000161. The third-order valence-corrected chi connectivity index (χ3v) is 3.29. The Morgan fingerprint density at radius 1 is 1.29 bits per heavy atom. The molecule has 1 N–H and O–H groups in total. The molecule has 0 atom stereocenters. The van der Waals surface area contributed by atoms with Crippen LogP contribution < -0.4 is 5.32 Å². The number of anilines is 1. The van der Waals surface area contributed by atoms with Gasteiger partial charge in [-0.2, -0.15) is 0 Å². The van der Waals surface area contributed by atoms with Gasteiger partial charge in [-0.05, 0) is 12.1 Å². The number of rotatable bonds is 3. The SMILES string of the molecule is C.O=C(Nc1nc(-c2ccccc2F)cs1)c1ccno1. The summed E-state index contributed by atoms with van der Waals surface area (Å²) in [6.07, 6.45) is 1.38. The zero-order chi connectivity index (χ0) is 13.9. The first-order valence-electron chi connectivity index (χ1n) is 5.66. The average molecular weight is 305 g/mol. The molecule has 5 nitrogen and oxygen atoms in total. The van der Waals surface area contributed by atoms with Crippen molar-refractivity contribution in [2.75, 3.05) is 5.32 Å². The number of hydrogen-bond donors (Lipinski definition) is 1. The number of carbonyl (C=O) groups is 1. The minimum Gasteiger partial charge on any atom is -0.351 e. The summed E-state index contributed by atoms with van der Waals surface area (Å²) < 4.78 is 18.4. The van der Waals surface area contributed by atoms with Crippen LogP contribution in [0.2, 0.25) is 0 Å². The highest BCUT2D eigenvalue weighted by Gasteiger charge is 2.13. The first kappa shape index (κ1) is 14.9. The predicted molar refractivity (Wildman–Crippen MR) is 78.7 cm³/mol. The van der Waals surface area contributed by atoms with Crippen LogP contribution in [0.4, 0.5) is 9.52 Å². The molecule has 0 radical (unpaired) electrons. The number of thiazole rings is 1. The van der Waals surface area contributed by atoms with Crippen LogP contribution in [-0.2, 0) is 0 Å². The van der Waals surface area contributed by atoms with Crippen molar-refractivity contribution in [3.05, 3.63) is 53.5 Å². The van der Waals surface area contributed by atoms with Crippen molar-refractivity contribution in [3.8, 4) is 11.3 Å². The number of benzene rings is 1. The number of aromatic nitrogens is 2. The highest BCUT2D eigenvalue weighted by molar-refractivity contribution is 7.14. The molecule has 21 heavy (non-hydrogen) atoms. The highest BCUT2D eigenvalue weighted by Crippen LogP contribution is 2.26. The van der Waals surface area contributed by atoms with Gasteiger partial charge in [-0.25, -0.2) is 9.37 Å². The van der Waals surface area contributed by atoms with Crippen molar-refractivity contribution in [1.82, 2.24) is 10.1 Å². The number of amides is 1. The van der Waals surface area contributed by atoms with Crippen molar-refractivity contribution in [2.24, 2.45) is 0 Å². The monoisotopic (exact) mass is 305 g/mol. The molecule has 0 saturated carbocycles. The summed E-state index contributed by atoms with van der Waals surface area (Å²) in [5, 5.41) is 8.05. The largest absolute Gasteiger partial charge is 0.351 e. The van der Waals surface area contributed by atoms with E-state index in [4.69, 9.17) is 4.52 Å². The molecule has 0 fully saturated rings. The fourth-order valence-electron chi connectivity index (χ4n) is 1.62. The van der Waals surface area contributed by atoms with E-state index in [1.54, 1.807) is 23.6 Å². The molecule has 0 aliphatic rings. The zero-order valence-electron chi connectivity index (χ0n) is 10.0. The first-order chi connectivity index (χ1) is 9.74. The lowest BCUT2D eigenvalue weighted by atomic mass is 10.2. The van der Waals surface area contributed by atoms with E-state index in [-0.39, 0.29) is 19.0 Å². The molecule has 1 amide bonds. The van der Waals surface area contributed by atoms with E-state index in [1.807, 2.05) is 0 Å². The van der Waals surface area contributed by atoms with Gasteiger partial charge in [-0.15, -0.1) is 11.3 Å². The molecule has 0 bridgehead atoms. The van der Waals surface area contributed by atoms with Gasteiger partial charge in [0.2, 0.25) is 5.76 Å². The van der Waals surface area contributed by atoms with Crippen molar-refractivity contribution in [2.45, 2.75) is 7.43 Å². The van der Waals surface area contributed by atoms with Crippen molar-refractivity contribution < 1.29 is 13.7 Å². The minimum absolute atomic E-state index is 0. The second-order valence-corrected chi connectivity index (χ2v) is 4.71. The van der Waals surface area contributed by atoms with Crippen LogP contribution in [0, 0.1) is 5.82 Å². The topological polar surface area (TPSA) is 68.0 Å². The lowest BCUT2D eigenvalue weighted by Crippen LogP contribution is -2.10. The molecule has 108 valence electrons. The molecule has 0 aliphatic heterocycles. The van der Waals surface area contributed by atoms with Gasteiger partial charge < -0.3 is 4.52 Å². The molecule has 0 unspecified atom stereocenters. The quantitative estimate of drug-likeness (QED) is 0.798. The first-order valence-corrected chi connectivity index (χ1v) is 6.54. The third kappa shape index (κ3) is 3.14. The standard InChI is InChI=1S/C13H8FN3O2S.CH4/c14-9-4-2-1-3-8(9)10-7-20-13(16-10)17-12(18)11-5-6-15-19-11;/h1-7H,(H,16,17,18);1H4. The lowest BCUT2D eigenvalue weighted by Gasteiger charge is -1.98. The summed E-state index contributed by atoms with van der Waals surface area (Å²) in [5.41, 5.74) is 0.866. The van der Waals surface area contributed by atoms with Gasteiger partial charge in [-0.1, -0.05) is 24.7 Å². The smallest absolute Gasteiger partial charge is 0.296 e. The Morgan fingerprint density at radius 2 is 2.10 bits per heavy atom. The molecule has 0 saturated heterocycles. The number of nitrogens with zero attached hydrogens (tertiary/aromatic N) is 2. The summed E-state index contributed by atoms with van der Waals surface area (Å²) in [6.45, 7) is 0. The third-order valence-electron chi connectivity index (χ3n) is 2.54. The van der Waals surface area contributed by atoms with Gasteiger partial charge >= 0.3 is 0 Å². The zero-order valence-corrected chi connectivity index (χ0v) is 10.9. The Labute approximate surface area is 124 Å². The molecule has 7 heteroatoms. The van der Waals surface area contributed by atoms with E-state index in [1.165, 1.54) is 29.7 Å². The van der Waals surface area contributed by atoms with E-state index in [0.29, 0.717) is 16.4 Å². The van der Waals surface area contributed by atoms with Crippen molar-refractivity contribution >= 4 is 22.4 Å². The second-order valence-electron chi connectivity index (χ2n) is 3.85. The molecular formula is C14H12FN3O2S. The van der Waals surface area contributed by atoms with Gasteiger partial charge in [0.1, 0.15) is 5.82 Å². The van der Waals surface area contributed by atoms with Crippen LogP contribution in [-0.4, -0.2) is 16.0 Å². The van der Waals surface area contributed by atoms with Crippen molar-refractivity contribution in [1.29, 1.82) is 0 Å². The molecule has 2 heterocycles. The fourth-order valence-corrected chi connectivity index (χ4v) is 2.32. The summed E-state index contributed by atoms with van der Waals surface area (Å²) in [5.74, 6) is -0.713.